The first-order valence-electron chi connectivity index (χ1n) is 8.09. The van der Waals surface area contributed by atoms with Crippen LogP contribution < -0.4 is 10.6 Å². The van der Waals surface area contributed by atoms with Crippen molar-refractivity contribution in [1.29, 1.82) is 0 Å². The quantitative estimate of drug-likeness (QED) is 0.346. The molecule has 10 heteroatoms. The minimum absolute atomic E-state index is 0.0513. The van der Waals surface area contributed by atoms with Crippen LogP contribution in [0.1, 0.15) is 10.4 Å². The van der Waals surface area contributed by atoms with E-state index < -0.39 is 42.0 Å². The van der Waals surface area contributed by atoms with Crippen LogP contribution >= 0.6 is 0 Å². The number of carbonyl (C=O) groups excluding carboxylic acids is 3. The maximum atomic E-state index is 12.0. The van der Waals surface area contributed by atoms with Gasteiger partial charge in [-0.25, -0.2) is 4.79 Å². The Morgan fingerprint density at radius 3 is 2.36 bits per heavy atom. The number of aliphatic hydroxyl groups excluding tert-OH is 1. The zero-order valence-corrected chi connectivity index (χ0v) is 14.5. The van der Waals surface area contributed by atoms with Crippen molar-refractivity contribution >= 4 is 29.2 Å². The van der Waals surface area contributed by atoms with E-state index in [-0.39, 0.29) is 16.9 Å². The van der Waals surface area contributed by atoms with E-state index in [1.807, 2.05) is 0 Å². The van der Waals surface area contributed by atoms with Crippen molar-refractivity contribution in [2.45, 2.75) is 6.04 Å². The first kappa shape index (κ1) is 20.5. The zero-order chi connectivity index (χ0) is 20.5. The van der Waals surface area contributed by atoms with Crippen molar-refractivity contribution in [3.63, 3.8) is 0 Å². The molecule has 0 aromatic heterocycles. The molecule has 1 unspecified atom stereocenters. The van der Waals surface area contributed by atoms with Gasteiger partial charge in [-0.3, -0.25) is 19.7 Å². The van der Waals surface area contributed by atoms with Gasteiger partial charge in [-0.2, -0.15) is 0 Å². The molecular formula is C18H17N3O7. The number of carbonyl (C=O) groups is 3. The van der Waals surface area contributed by atoms with Gasteiger partial charge in [-0.15, -0.1) is 0 Å². The number of nitro groups is 1. The monoisotopic (exact) mass is 387 g/mol. The lowest BCUT2D eigenvalue weighted by molar-refractivity contribution is -0.383. The summed E-state index contributed by atoms with van der Waals surface area (Å²) < 4.78 is 4.77. The Hall–Kier alpha value is -3.79. The second-order valence-electron chi connectivity index (χ2n) is 5.50. The number of ether oxygens (including phenoxy) is 1. The highest BCUT2D eigenvalue weighted by molar-refractivity contribution is 5.98. The fourth-order valence-electron chi connectivity index (χ4n) is 2.17. The number of nitro benzene ring substituents is 1. The number of benzene rings is 2. The van der Waals surface area contributed by atoms with Crippen LogP contribution in [0.25, 0.3) is 0 Å². The largest absolute Gasteiger partial charge is 0.454 e. The Morgan fingerprint density at radius 1 is 1.07 bits per heavy atom. The highest BCUT2D eigenvalue weighted by Gasteiger charge is 2.23. The average molecular weight is 387 g/mol. The number of hydrogen-bond donors (Lipinski definition) is 3. The average Bonchev–Trinajstić information content (AvgIpc) is 2.71. The molecule has 3 N–H and O–H groups in total. The van der Waals surface area contributed by atoms with Crippen LogP contribution in [0.2, 0.25) is 0 Å². The summed E-state index contributed by atoms with van der Waals surface area (Å²) in [6.07, 6.45) is 0. The minimum atomic E-state index is -1.37. The number of nitrogens with zero attached hydrogens (tertiary/aromatic N) is 1. The molecule has 0 heterocycles. The highest BCUT2D eigenvalue weighted by Crippen LogP contribution is 2.22. The summed E-state index contributed by atoms with van der Waals surface area (Å²) in [5, 5.41) is 24.8. The third-order valence-electron chi connectivity index (χ3n) is 3.53. The lowest BCUT2D eigenvalue weighted by Crippen LogP contribution is -2.45. The van der Waals surface area contributed by atoms with Crippen molar-refractivity contribution in [2.75, 3.05) is 18.5 Å². The molecular weight excluding hydrogens is 370 g/mol. The molecule has 2 aromatic carbocycles. The second-order valence-corrected chi connectivity index (χ2v) is 5.50. The van der Waals surface area contributed by atoms with Gasteiger partial charge >= 0.3 is 5.97 Å². The molecule has 0 saturated heterocycles. The predicted octanol–water partition coefficient (Wildman–Crippen LogP) is 0.867. The summed E-state index contributed by atoms with van der Waals surface area (Å²) in [6, 6.07) is 12.1. The van der Waals surface area contributed by atoms with E-state index in [0.717, 1.165) is 0 Å². The van der Waals surface area contributed by atoms with Crippen molar-refractivity contribution in [2.24, 2.45) is 0 Å². The molecule has 0 radical (unpaired) electrons. The maximum Gasteiger partial charge on any atom is 0.331 e. The van der Waals surface area contributed by atoms with Gasteiger partial charge in [0.2, 0.25) is 0 Å². The molecule has 0 saturated carbocycles. The summed E-state index contributed by atoms with van der Waals surface area (Å²) >= 11 is 0. The van der Waals surface area contributed by atoms with Gasteiger partial charge in [0.15, 0.2) is 12.6 Å². The lowest BCUT2D eigenvalue weighted by atomic mass is 10.2. The zero-order valence-electron chi connectivity index (χ0n) is 14.5. The number of anilines is 1. The number of nitrogens with one attached hydrogen (secondary N) is 2. The molecule has 28 heavy (non-hydrogen) atoms. The number of hydrogen-bond acceptors (Lipinski definition) is 7. The van der Waals surface area contributed by atoms with Gasteiger partial charge in [0, 0.05) is 11.6 Å². The van der Waals surface area contributed by atoms with Gasteiger partial charge in [0.25, 0.3) is 17.5 Å². The molecule has 0 fully saturated rings. The van der Waals surface area contributed by atoms with Crippen LogP contribution in [-0.2, 0) is 14.3 Å². The molecule has 0 aliphatic rings. The van der Waals surface area contributed by atoms with Crippen LogP contribution in [0.15, 0.2) is 54.6 Å². The molecule has 0 aliphatic heterocycles. The summed E-state index contributed by atoms with van der Waals surface area (Å²) in [5.41, 5.74) is -0.0851. The van der Waals surface area contributed by atoms with Crippen LogP contribution in [0.4, 0.5) is 11.4 Å². The molecule has 0 spiro atoms. The van der Waals surface area contributed by atoms with Crippen molar-refractivity contribution in [3.05, 3.63) is 70.3 Å². The van der Waals surface area contributed by atoms with Gasteiger partial charge < -0.3 is 20.5 Å². The Kier molecular flexibility index (Phi) is 7.17. The number of esters is 1. The summed E-state index contributed by atoms with van der Waals surface area (Å²) in [5.74, 6) is -2.43. The Balaban J connectivity index is 1.90. The Morgan fingerprint density at radius 2 is 1.71 bits per heavy atom. The van der Waals surface area contributed by atoms with Gasteiger partial charge in [0.05, 0.1) is 11.5 Å². The van der Waals surface area contributed by atoms with E-state index in [1.54, 1.807) is 18.2 Å². The third-order valence-corrected chi connectivity index (χ3v) is 3.53. The van der Waals surface area contributed by atoms with Gasteiger partial charge in [0.1, 0.15) is 5.69 Å². The van der Waals surface area contributed by atoms with E-state index >= 15 is 0 Å². The van der Waals surface area contributed by atoms with Gasteiger partial charge in [-0.1, -0.05) is 30.3 Å². The predicted molar refractivity (Wildman–Crippen MR) is 97.5 cm³/mol. The number of aliphatic hydroxyl groups is 1. The van der Waals surface area contributed by atoms with E-state index in [2.05, 4.69) is 10.6 Å². The summed E-state index contributed by atoms with van der Waals surface area (Å²) in [6.45, 7) is -1.48. The second kappa shape index (κ2) is 9.78. The van der Waals surface area contributed by atoms with Gasteiger partial charge in [-0.05, 0) is 18.2 Å². The van der Waals surface area contributed by atoms with Crippen LogP contribution in [0, 0.1) is 10.1 Å². The van der Waals surface area contributed by atoms with E-state index in [1.165, 1.54) is 36.4 Å². The van der Waals surface area contributed by atoms with Crippen LogP contribution in [-0.4, -0.2) is 47.1 Å². The SMILES string of the molecule is O=C(COC(=O)C(CO)NC(=O)c1ccccc1)Nc1ccccc1[N+](=O)[O-]. The van der Waals surface area contributed by atoms with Crippen molar-refractivity contribution < 1.29 is 29.2 Å². The van der Waals surface area contributed by atoms with E-state index in [9.17, 15) is 29.6 Å². The molecule has 10 nitrogen and oxygen atoms in total. The Bertz CT molecular complexity index is 870. The lowest BCUT2D eigenvalue weighted by Gasteiger charge is -2.15. The van der Waals surface area contributed by atoms with Crippen molar-refractivity contribution in [1.82, 2.24) is 5.32 Å². The molecule has 146 valence electrons. The first-order chi connectivity index (χ1) is 13.4. The summed E-state index contributed by atoms with van der Waals surface area (Å²) in [7, 11) is 0. The Labute approximate surface area is 159 Å². The number of amides is 2. The standard InChI is InChI=1S/C18H17N3O7/c22-10-14(20-17(24)12-6-2-1-3-7-12)18(25)28-11-16(23)19-13-8-4-5-9-15(13)21(26)27/h1-9,14,22H,10-11H2,(H,19,23)(H,20,24). The molecule has 2 aromatic rings. The molecule has 0 bridgehead atoms. The maximum absolute atomic E-state index is 12.0. The van der Waals surface area contributed by atoms with Crippen LogP contribution in [0.5, 0.6) is 0 Å². The fraction of sp³-hybridized carbons (Fsp3) is 0.167. The van der Waals surface area contributed by atoms with Crippen LogP contribution in [0.3, 0.4) is 0 Å². The van der Waals surface area contributed by atoms with E-state index in [4.69, 9.17) is 4.74 Å². The minimum Gasteiger partial charge on any atom is -0.454 e. The van der Waals surface area contributed by atoms with Crippen molar-refractivity contribution in [3.8, 4) is 0 Å². The number of para-hydroxylation sites is 2. The summed E-state index contributed by atoms with van der Waals surface area (Å²) in [4.78, 5) is 46.2. The normalized spacial score (nSPS) is 11.2. The molecule has 2 amide bonds. The number of rotatable bonds is 8. The van der Waals surface area contributed by atoms with E-state index in [0.29, 0.717) is 0 Å². The third kappa shape index (κ3) is 5.61. The molecule has 1 atom stereocenters. The smallest absolute Gasteiger partial charge is 0.331 e. The highest BCUT2D eigenvalue weighted by atomic mass is 16.6. The molecule has 0 aliphatic carbocycles. The topological polar surface area (TPSA) is 148 Å². The first-order valence-corrected chi connectivity index (χ1v) is 8.09. The molecule has 2 rings (SSSR count). The fourth-order valence-corrected chi connectivity index (χ4v) is 2.17.